The van der Waals surface area contributed by atoms with Crippen LogP contribution in [0.3, 0.4) is 0 Å². The summed E-state index contributed by atoms with van der Waals surface area (Å²) in [6.45, 7) is 1.04. The Hall–Kier alpha value is -0.260. The van der Waals surface area contributed by atoms with Gasteiger partial charge in [0.25, 0.3) is 0 Å². The van der Waals surface area contributed by atoms with E-state index in [0.717, 1.165) is 6.54 Å². The van der Waals surface area contributed by atoms with Crippen molar-refractivity contribution in [2.75, 3.05) is 31.8 Å². The number of nitrogens with one attached hydrogen (secondary N) is 1. The van der Waals surface area contributed by atoms with Gasteiger partial charge in [-0.05, 0) is 30.3 Å². The second-order valence-corrected chi connectivity index (χ2v) is 5.09. The van der Waals surface area contributed by atoms with Crippen molar-refractivity contribution in [1.82, 2.24) is 5.32 Å². The first kappa shape index (κ1) is 12.8. The van der Waals surface area contributed by atoms with Gasteiger partial charge in [0.05, 0.1) is 6.61 Å². The highest BCUT2D eigenvalue weighted by Gasteiger charge is 2.17. The van der Waals surface area contributed by atoms with E-state index >= 15 is 0 Å². The molecule has 1 aliphatic heterocycles. The Kier molecular flexibility index (Phi) is 6.05. The molecular formula is C10H20N2O2S. The van der Waals surface area contributed by atoms with Crippen LogP contribution in [0.5, 0.6) is 0 Å². The fourth-order valence-corrected chi connectivity index (χ4v) is 2.79. The minimum Gasteiger partial charge on any atom is -0.383 e. The van der Waals surface area contributed by atoms with E-state index in [0.29, 0.717) is 5.92 Å². The molecule has 0 saturated carbocycles. The molecule has 0 spiro atoms. The summed E-state index contributed by atoms with van der Waals surface area (Å²) in [6.07, 6.45) is 2.40. The van der Waals surface area contributed by atoms with Crippen LogP contribution in [-0.4, -0.2) is 43.7 Å². The molecule has 0 aliphatic carbocycles. The van der Waals surface area contributed by atoms with Gasteiger partial charge < -0.3 is 15.8 Å². The van der Waals surface area contributed by atoms with Crippen LogP contribution in [0, 0.1) is 5.92 Å². The second-order valence-electron chi connectivity index (χ2n) is 3.86. The third kappa shape index (κ3) is 4.86. The predicted octanol–water partition coefficient (Wildman–Crippen LogP) is 0.220. The highest BCUT2D eigenvalue weighted by Crippen LogP contribution is 2.21. The van der Waals surface area contributed by atoms with E-state index in [9.17, 15) is 4.79 Å². The smallest absolute Gasteiger partial charge is 0.239 e. The van der Waals surface area contributed by atoms with Crippen molar-refractivity contribution in [3.05, 3.63) is 0 Å². The van der Waals surface area contributed by atoms with Crippen molar-refractivity contribution < 1.29 is 9.53 Å². The molecule has 0 aromatic rings. The standard InChI is InChI=1S/C10H20N2O2S/c1-14-7-9(11)10(13)12-6-8-2-4-15-5-3-8/h8-9H,2-7,11H2,1H3,(H,12,13). The van der Waals surface area contributed by atoms with Gasteiger partial charge in [-0.3, -0.25) is 4.79 Å². The molecule has 4 nitrogen and oxygen atoms in total. The van der Waals surface area contributed by atoms with Gasteiger partial charge in [0, 0.05) is 13.7 Å². The van der Waals surface area contributed by atoms with Gasteiger partial charge in [0.15, 0.2) is 0 Å². The summed E-state index contributed by atoms with van der Waals surface area (Å²) in [5.41, 5.74) is 5.60. The summed E-state index contributed by atoms with van der Waals surface area (Å²) in [5, 5.41) is 2.88. The fraction of sp³-hybridized carbons (Fsp3) is 0.900. The van der Waals surface area contributed by atoms with E-state index in [1.54, 1.807) is 7.11 Å². The first-order valence-electron chi connectivity index (χ1n) is 5.34. The maximum atomic E-state index is 11.5. The lowest BCUT2D eigenvalue weighted by atomic mass is 10.0. The lowest BCUT2D eigenvalue weighted by Crippen LogP contribution is -2.45. The summed E-state index contributed by atoms with van der Waals surface area (Å²) in [7, 11) is 1.55. The number of methoxy groups -OCH3 is 1. The fourth-order valence-electron chi connectivity index (χ4n) is 1.58. The SMILES string of the molecule is COCC(N)C(=O)NCC1CCSCC1. The monoisotopic (exact) mass is 232 g/mol. The number of carbonyl (C=O) groups is 1. The second kappa shape index (κ2) is 7.09. The van der Waals surface area contributed by atoms with Gasteiger partial charge in [-0.1, -0.05) is 0 Å². The van der Waals surface area contributed by atoms with Crippen molar-refractivity contribution in [1.29, 1.82) is 0 Å². The summed E-state index contributed by atoms with van der Waals surface area (Å²) < 4.78 is 4.83. The van der Waals surface area contributed by atoms with E-state index in [4.69, 9.17) is 10.5 Å². The van der Waals surface area contributed by atoms with Crippen molar-refractivity contribution in [2.45, 2.75) is 18.9 Å². The third-order valence-corrected chi connectivity index (χ3v) is 3.64. The summed E-state index contributed by atoms with van der Waals surface area (Å²) in [4.78, 5) is 11.5. The number of hydrogen-bond donors (Lipinski definition) is 2. The Morgan fingerprint density at radius 1 is 1.60 bits per heavy atom. The normalized spacial score (nSPS) is 19.9. The van der Waals surface area contributed by atoms with E-state index in [1.807, 2.05) is 11.8 Å². The van der Waals surface area contributed by atoms with E-state index in [2.05, 4.69) is 5.32 Å². The number of nitrogens with two attached hydrogens (primary N) is 1. The van der Waals surface area contributed by atoms with Crippen LogP contribution in [0.1, 0.15) is 12.8 Å². The van der Waals surface area contributed by atoms with Crippen molar-refractivity contribution in [2.24, 2.45) is 11.7 Å². The molecule has 1 aliphatic rings. The van der Waals surface area contributed by atoms with E-state index < -0.39 is 6.04 Å². The maximum Gasteiger partial charge on any atom is 0.239 e. The highest BCUT2D eigenvalue weighted by molar-refractivity contribution is 7.99. The topological polar surface area (TPSA) is 64.3 Å². The molecule has 0 radical (unpaired) electrons. The molecule has 0 aromatic carbocycles. The van der Waals surface area contributed by atoms with Gasteiger partial charge in [-0.15, -0.1) is 0 Å². The van der Waals surface area contributed by atoms with Crippen LogP contribution >= 0.6 is 11.8 Å². The predicted molar refractivity (Wildman–Crippen MR) is 62.9 cm³/mol. The number of hydrogen-bond acceptors (Lipinski definition) is 4. The molecular weight excluding hydrogens is 212 g/mol. The van der Waals surface area contributed by atoms with Crippen LogP contribution in [0.15, 0.2) is 0 Å². The van der Waals surface area contributed by atoms with Crippen LogP contribution < -0.4 is 11.1 Å². The quantitative estimate of drug-likeness (QED) is 0.712. The number of amides is 1. The molecule has 1 fully saturated rings. The summed E-state index contributed by atoms with van der Waals surface area (Å²) in [6, 6.07) is -0.534. The van der Waals surface area contributed by atoms with Gasteiger partial charge >= 0.3 is 0 Å². The minimum atomic E-state index is -0.534. The molecule has 1 heterocycles. The maximum absolute atomic E-state index is 11.5. The van der Waals surface area contributed by atoms with Gasteiger partial charge in [-0.2, -0.15) is 11.8 Å². The third-order valence-electron chi connectivity index (χ3n) is 2.59. The molecule has 0 aromatic heterocycles. The Morgan fingerprint density at radius 3 is 2.87 bits per heavy atom. The molecule has 1 atom stereocenters. The van der Waals surface area contributed by atoms with Crippen molar-refractivity contribution in [3.63, 3.8) is 0 Å². The Balaban J connectivity index is 2.14. The summed E-state index contributed by atoms with van der Waals surface area (Å²) >= 11 is 1.99. The zero-order valence-corrected chi connectivity index (χ0v) is 10.0. The Bertz CT molecular complexity index is 196. The lowest BCUT2D eigenvalue weighted by Gasteiger charge is -2.22. The molecule has 5 heteroatoms. The van der Waals surface area contributed by atoms with E-state index in [1.165, 1.54) is 24.3 Å². The van der Waals surface area contributed by atoms with Crippen LogP contribution in [0.4, 0.5) is 0 Å². The number of ether oxygens (including phenoxy) is 1. The Morgan fingerprint density at radius 2 is 2.27 bits per heavy atom. The Labute approximate surface area is 95.3 Å². The molecule has 1 unspecified atom stereocenters. The first-order chi connectivity index (χ1) is 7.24. The lowest BCUT2D eigenvalue weighted by molar-refractivity contribution is -0.123. The largest absolute Gasteiger partial charge is 0.383 e. The van der Waals surface area contributed by atoms with Crippen LogP contribution in [0.25, 0.3) is 0 Å². The summed E-state index contributed by atoms with van der Waals surface area (Å²) in [5.74, 6) is 2.95. The van der Waals surface area contributed by atoms with Crippen LogP contribution in [-0.2, 0) is 9.53 Å². The average Bonchev–Trinajstić information content (AvgIpc) is 2.27. The number of rotatable bonds is 5. The van der Waals surface area contributed by atoms with Crippen LogP contribution in [0.2, 0.25) is 0 Å². The molecule has 1 rings (SSSR count). The molecule has 15 heavy (non-hydrogen) atoms. The minimum absolute atomic E-state index is 0.102. The van der Waals surface area contributed by atoms with Gasteiger partial charge in [-0.25, -0.2) is 0 Å². The highest BCUT2D eigenvalue weighted by atomic mass is 32.2. The zero-order valence-electron chi connectivity index (χ0n) is 9.20. The first-order valence-corrected chi connectivity index (χ1v) is 6.49. The van der Waals surface area contributed by atoms with Gasteiger partial charge in [0.2, 0.25) is 5.91 Å². The zero-order chi connectivity index (χ0) is 11.1. The molecule has 1 amide bonds. The van der Waals surface area contributed by atoms with Crippen molar-refractivity contribution in [3.8, 4) is 0 Å². The van der Waals surface area contributed by atoms with Crippen molar-refractivity contribution >= 4 is 17.7 Å². The number of carbonyl (C=O) groups excluding carboxylic acids is 1. The molecule has 1 saturated heterocycles. The average molecular weight is 232 g/mol. The van der Waals surface area contributed by atoms with E-state index in [-0.39, 0.29) is 12.5 Å². The molecule has 0 bridgehead atoms. The molecule has 88 valence electrons. The number of thioether (sulfide) groups is 1. The van der Waals surface area contributed by atoms with Gasteiger partial charge in [0.1, 0.15) is 6.04 Å². The molecule has 3 N–H and O–H groups in total.